The minimum atomic E-state index is -0.907. The van der Waals surface area contributed by atoms with Crippen LogP contribution in [0.3, 0.4) is 0 Å². The smallest absolute Gasteiger partial charge is 0.305 e. The second-order valence-corrected chi connectivity index (χ2v) is 6.90. The van der Waals surface area contributed by atoms with Crippen LogP contribution in [-0.4, -0.2) is 32.7 Å². The molecule has 0 bridgehead atoms. The molecule has 0 aliphatic rings. The summed E-state index contributed by atoms with van der Waals surface area (Å²) in [6.07, 6.45) is 2.45. The molecule has 136 valence electrons. The summed E-state index contributed by atoms with van der Waals surface area (Å²) in [6.45, 7) is 3.77. The van der Waals surface area contributed by atoms with Crippen molar-refractivity contribution in [2.75, 3.05) is 0 Å². The van der Waals surface area contributed by atoms with E-state index in [1.54, 1.807) is 0 Å². The average Bonchev–Trinajstić information content (AvgIpc) is 3.24. The molecule has 0 radical (unpaired) electrons. The Bertz CT molecular complexity index is 693. The maximum atomic E-state index is 12.2. The van der Waals surface area contributed by atoms with Gasteiger partial charge in [-0.2, -0.15) is 4.98 Å². The van der Waals surface area contributed by atoms with Gasteiger partial charge in [0.1, 0.15) is 0 Å². The van der Waals surface area contributed by atoms with E-state index < -0.39 is 11.5 Å². The Morgan fingerprint density at radius 1 is 1.36 bits per heavy atom. The van der Waals surface area contributed by atoms with E-state index >= 15 is 0 Å². The van der Waals surface area contributed by atoms with E-state index in [4.69, 9.17) is 9.63 Å². The molecule has 0 saturated heterocycles. The Hall–Kier alpha value is -2.22. The lowest BCUT2D eigenvalue weighted by molar-refractivity contribution is -0.139. The Balaban J connectivity index is 1.82. The molecule has 2 rings (SSSR count). The third kappa shape index (κ3) is 5.38. The third-order valence-corrected chi connectivity index (χ3v) is 5.12. The highest BCUT2D eigenvalue weighted by molar-refractivity contribution is 7.13. The summed E-state index contributed by atoms with van der Waals surface area (Å²) in [4.78, 5) is 28.5. The van der Waals surface area contributed by atoms with Crippen molar-refractivity contribution in [2.45, 2.75) is 57.9 Å². The van der Waals surface area contributed by atoms with Crippen LogP contribution < -0.4 is 5.32 Å². The van der Waals surface area contributed by atoms with Gasteiger partial charge in [-0.15, -0.1) is 11.3 Å². The molecule has 0 aliphatic carbocycles. The van der Waals surface area contributed by atoms with Crippen molar-refractivity contribution in [3.05, 3.63) is 23.4 Å². The molecule has 0 aromatic carbocycles. The minimum absolute atomic E-state index is 0.0699. The van der Waals surface area contributed by atoms with Gasteiger partial charge in [-0.3, -0.25) is 9.59 Å². The molecule has 8 heteroatoms. The molecular weight excluding hydrogens is 342 g/mol. The number of aryl methyl sites for hydroxylation is 1. The van der Waals surface area contributed by atoms with Crippen molar-refractivity contribution < 1.29 is 19.2 Å². The largest absolute Gasteiger partial charge is 0.481 e. The second kappa shape index (κ2) is 8.75. The Kier molecular flexibility index (Phi) is 6.69. The number of aromatic nitrogens is 2. The molecule has 2 aromatic rings. The lowest BCUT2D eigenvalue weighted by atomic mass is 9.88. The number of carboxylic acid groups (broad SMARTS) is 1. The maximum absolute atomic E-state index is 12.2. The number of nitrogens with zero attached hydrogens (tertiary/aromatic N) is 2. The number of carbonyl (C=O) groups excluding carboxylic acids is 1. The van der Waals surface area contributed by atoms with E-state index in [9.17, 15) is 9.59 Å². The van der Waals surface area contributed by atoms with Crippen LogP contribution in [0.1, 0.15) is 51.8 Å². The molecule has 0 atom stereocenters. The summed E-state index contributed by atoms with van der Waals surface area (Å²) in [5, 5.41) is 17.8. The Labute approximate surface area is 150 Å². The molecule has 7 nitrogen and oxygen atoms in total. The Morgan fingerprint density at radius 3 is 2.72 bits per heavy atom. The van der Waals surface area contributed by atoms with Gasteiger partial charge in [0.2, 0.25) is 17.6 Å². The van der Waals surface area contributed by atoms with Crippen LogP contribution in [0.2, 0.25) is 0 Å². The number of amides is 1. The van der Waals surface area contributed by atoms with Crippen LogP contribution in [0.25, 0.3) is 10.7 Å². The monoisotopic (exact) mass is 365 g/mol. The number of thiophene rings is 1. The first-order chi connectivity index (χ1) is 12.0. The third-order valence-electron chi connectivity index (χ3n) is 4.25. The van der Waals surface area contributed by atoms with Crippen molar-refractivity contribution in [3.8, 4) is 10.7 Å². The summed E-state index contributed by atoms with van der Waals surface area (Å²) >= 11 is 1.54. The molecule has 1 amide bonds. The summed E-state index contributed by atoms with van der Waals surface area (Å²) in [6, 6.07) is 3.84. The number of nitrogens with one attached hydrogen (secondary N) is 1. The zero-order chi connectivity index (χ0) is 18.3. The highest BCUT2D eigenvalue weighted by atomic mass is 32.1. The molecule has 2 aromatic heterocycles. The number of carbonyl (C=O) groups is 2. The predicted molar refractivity (Wildman–Crippen MR) is 94.3 cm³/mol. The fourth-order valence-corrected chi connectivity index (χ4v) is 3.28. The number of carboxylic acids is 1. The zero-order valence-electron chi connectivity index (χ0n) is 14.4. The molecule has 0 spiro atoms. The SMILES string of the molecule is CCC(CC)(CC(=O)O)NC(=O)CCCc1nc(-c2cccs2)no1. The summed E-state index contributed by atoms with van der Waals surface area (Å²) in [7, 11) is 0. The standard InChI is InChI=1S/C17H23N3O4S/c1-3-17(4-2,11-15(22)23)19-13(21)8-5-9-14-18-16(20-24-14)12-7-6-10-25-12/h6-7,10H,3-5,8-9,11H2,1-2H3,(H,19,21)(H,22,23). The van der Waals surface area contributed by atoms with E-state index in [1.165, 1.54) is 11.3 Å². The van der Waals surface area contributed by atoms with Crippen molar-refractivity contribution in [1.29, 1.82) is 0 Å². The first kappa shape index (κ1) is 19.1. The van der Waals surface area contributed by atoms with Crippen LogP contribution in [0, 0.1) is 0 Å². The van der Waals surface area contributed by atoms with Crippen LogP contribution in [0.4, 0.5) is 0 Å². The van der Waals surface area contributed by atoms with Crippen LogP contribution in [-0.2, 0) is 16.0 Å². The van der Waals surface area contributed by atoms with Gasteiger partial charge in [-0.05, 0) is 30.7 Å². The fourth-order valence-electron chi connectivity index (χ4n) is 2.63. The van der Waals surface area contributed by atoms with Crippen LogP contribution >= 0.6 is 11.3 Å². The molecule has 2 heterocycles. The highest BCUT2D eigenvalue weighted by Crippen LogP contribution is 2.22. The molecule has 2 N–H and O–H groups in total. The topological polar surface area (TPSA) is 105 Å². The lowest BCUT2D eigenvalue weighted by Crippen LogP contribution is -2.49. The average molecular weight is 365 g/mol. The lowest BCUT2D eigenvalue weighted by Gasteiger charge is -2.31. The van der Waals surface area contributed by atoms with Gasteiger partial charge in [-0.25, -0.2) is 0 Å². The van der Waals surface area contributed by atoms with Crippen molar-refractivity contribution in [2.24, 2.45) is 0 Å². The predicted octanol–water partition coefficient (Wildman–Crippen LogP) is 3.27. The molecule has 0 unspecified atom stereocenters. The van der Waals surface area contributed by atoms with Gasteiger partial charge in [0.15, 0.2) is 0 Å². The Morgan fingerprint density at radius 2 is 2.12 bits per heavy atom. The van der Waals surface area contributed by atoms with E-state index in [1.807, 2.05) is 31.4 Å². The van der Waals surface area contributed by atoms with E-state index in [2.05, 4.69) is 15.5 Å². The van der Waals surface area contributed by atoms with E-state index in [-0.39, 0.29) is 18.7 Å². The number of aliphatic carboxylic acids is 1. The van der Waals surface area contributed by atoms with Gasteiger partial charge >= 0.3 is 5.97 Å². The van der Waals surface area contributed by atoms with Gasteiger partial charge in [-0.1, -0.05) is 25.1 Å². The summed E-state index contributed by atoms with van der Waals surface area (Å²) in [5.41, 5.74) is -0.681. The first-order valence-electron chi connectivity index (χ1n) is 8.37. The van der Waals surface area contributed by atoms with Crippen LogP contribution in [0.15, 0.2) is 22.0 Å². The number of rotatable bonds is 10. The number of hydrogen-bond donors (Lipinski definition) is 2. The van der Waals surface area contributed by atoms with Crippen molar-refractivity contribution >= 4 is 23.2 Å². The first-order valence-corrected chi connectivity index (χ1v) is 9.25. The quantitative estimate of drug-likeness (QED) is 0.669. The molecule has 0 fully saturated rings. The number of hydrogen-bond acceptors (Lipinski definition) is 6. The minimum Gasteiger partial charge on any atom is -0.481 e. The molecular formula is C17H23N3O4S. The van der Waals surface area contributed by atoms with E-state index in [0.717, 1.165) is 4.88 Å². The molecule has 0 saturated carbocycles. The zero-order valence-corrected chi connectivity index (χ0v) is 15.3. The van der Waals surface area contributed by atoms with E-state index in [0.29, 0.717) is 37.4 Å². The second-order valence-electron chi connectivity index (χ2n) is 5.95. The fraction of sp³-hybridized carbons (Fsp3) is 0.529. The van der Waals surface area contributed by atoms with Gasteiger partial charge in [0.05, 0.1) is 11.3 Å². The van der Waals surface area contributed by atoms with Gasteiger partial charge in [0, 0.05) is 18.4 Å². The van der Waals surface area contributed by atoms with Gasteiger partial charge in [0.25, 0.3) is 0 Å². The highest BCUT2D eigenvalue weighted by Gasteiger charge is 2.30. The normalized spacial score (nSPS) is 11.4. The van der Waals surface area contributed by atoms with Crippen molar-refractivity contribution in [3.63, 3.8) is 0 Å². The summed E-state index contributed by atoms with van der Waals surface area (Å²) < 4.78 is 5.20. The molecule has 0 aliphatic heterocycles. The molecule has 25 heavy (non-hydrogen) atoms. The van der Waals surface area contributed by atoms with Gasteiger partial charge < -0.3 is 14.9 Å². The van der Waals surface area contributed by atoms with Crippen LogP contribution in [0.5, 0.6) is 0 Å². The van der Waals surface area contributed by atoms with Crippen molar-refractivity contribution in [1.82, 2.24) is 15.5 Å². The maximum Gasteiger partial charge on any atom is 0.305 e. The summed E-state index contributed by atoms with van der Waals surface area (Å²) in [5.74, 6) is 0.00443.